The second-order valence-corrected chi connectivity index (χ2v) is 9.08. The molecule has 0 aromatic carbocycles. The van der Waals surface area contributed by atoms with Gasteiger partial charge in [0.05, 0.1) is 5.60 Å². The molecule has 0 aliphatic heterocycles. The zero-order chi connectivity index (χ0) is 17.8. The van der Waals surface area contributed by atoms with Crippen molar-refractivity contribution in [3.8, 4) is 0 Å². The van der Waals surface area contributed by atoms with Crippen LogP contribution in [0.4, 0.5) is 0 Å². The van der Waals surface area contributed by atoms with Gasteiger partial charge in [-0.2, -0.15) is 0 Å². The Balaban J connectivity index is 1.56. The van der Waals surface area contributed by atoms with Crippen molar-refractivity contribution < 1.29 is 9.94 Å². The molecule has 3 aliphatic rings. The summed E-state index contributed by atoms with van der Waals surface area (Å²) in [6, 6.07) is 0. The van der Waals surface area contributed by atoms with Crippen LogP contribution in [-0.2, 0) is 4.84 Å². The lowest BCUT2D eigenvalue weighted by Crippen LogP contribution is -2.51. The summed E-state index contributed by atoms with van der Waals surface area (Å²) in [7, 11) is 0. The Morgan fingerprint density at radius 3 is 2.64 bits per heavy atom. The summed E-state index contributed by atoms with van der Waals surface area (Å²) in [5, 5.41) is 15.7. The van der Waals surface area contributed by atoms with Crippen LogP contribution in [0.1, 0.15) is 84.0 Å². The number of hydrogen-bond donors (Lipinski definition) is 2. The van der Waals surface area contributed by atoms with Crippen LogP contribution in [0.5, 0.6) is 0 Å². The predicted molar refractivity (Wildman–Crippen MR) is 102 cm³/mol. The quantitative estimate of drug-likeness (QED) is 0.409. The zero-order valence-corrected chi connectivity index (χ0v) is 16.1. The van der Waals surface area contributed by atoms with Crippen molar-refractivity contribution in [2.75, 3.05) is 13.2 Å². The van der Waals surface area contributed by atoms with E-state index in [1.54, 1.807) is 0 Å². The molecule has 0 bridgehead atoms. The zero-order valence-electron chi connectivity index (χ0n) is 16.1. The third-order valence-corrected chi connectivity index (χ3v) is 7.71. The van der Waals surface area contributed by atoms with E-state index in [0.717, 1.165) is 50.4 Å². The lowest BCUT2D eigenvalue weighted by molar-refractivity contribution is -0.115. The maximum absolute atomic E-state index is 11.5. The maximum Gasteiger partial charge on any atom is 0.117 e. The standard InChI is InChI=1S/C21H38N2O2/c1-20-11-9-18(17-7-3-2-4-8-17)15-21(20,24)12-10-19(20)16-23-25-14-6-5-13-22/h16-19,24H,2-15,22H2,1H3/t18-,19+,20+,21-/m0/s1. The highest BCUT2D eigenvalue weighted by Crippen LogP contribution is 2.60. The van der Waals surface area contributed by atoms with Gasteiger partial charge in [0.2, 0.25) is 0 Å². The van der Waals surface area contributed by atoms with E-state index < -0.39 is 5.60 Å². The van der Waals surface area contributed by atoms with Gasteiger partial charge in [-0.3, -0.25) is 0 Å². The first-order chi connectivity index (χ1) is 12.1. The molecule has 3 N–H and O–H groups in total. The Kier molecular flexibility index (Phi) is 6.43. The SMILES string of the molecule is C[C@]12CC[C@H](C3CCCCC3)C[C@@]1(O)CC[C@@H]2C=NOCCCCN. The lowest BCUT2D eigenvalue weighted by atomic mass is 9.57. The average molecular weight is 351 g/mol. The number of nitrogens with zero attached hydrogens (tertiary/aromatic N) is 1. The molecule has 3 fully saturated rings. The minimum atomic E-state index is -0.496. The van der Waals surface area contributed by atoms with E-state index in [1.807, 2.05) is 6.21 Å². The molecule has 144 valence electrons. The number of aliphatic hydroxyl groups is 1. The smallest absolute Gasteiger partial charge is 0.117 e. The largest absolute Gasteiger partial charge is 0.396 e. The molecule has 0 aromatic heterocycles. The van der Waals surface area contributed by atoms with Crippen molar-refractivity contribution in [3.63, 3.8) is 0 Å². The Morgan fingerprint density at radius 1 is 1.08 bits per heavy atom. The van der Waals surface area contributed by atoms with Crippen LogP contribution in [0.2, 0.25) is 0 Å². The van der Waals surface area contributed by atoms with Crippen molar-refractivity contribution >= 4 is 6.21 Å². The van der Waals surface area contributed by atoms with Crippen LogP contribution < -0.4 is 5.73 Å². The van der Waals surface area contributed by atoms with Crippen LogP contribution in [0.15, 0.2) is 5.16 Å². The Hall–Kier alpha value is -0.610. The van der Waals surface area contributed by atoms with Crippen molar-refractivity contribution in [1.82, 2.24) is 0 Å². The molecule has 25 heavy (non-hydrogen) atoms. The number of fused-ring (bicyclic) bond motifs is 1. The molecule has 3 rings (SSSR count). The van der Waals surface area contributed by atoms with E-state index >= 15 is 0 Å². The van der Waals surface area contributed by atoms with Crippen LogP contribution in [-0.4, -0.2) is 30.1 Å². The summed E-state index contributed by atoms with van der Waals surface area (Å²) >= 11 is 0. The molecule has 4 heteroatoms. The van der Waals surface area contributed by atoms with Gasteiger partial charge in [0.25, 0.3) is 0 Å². The first kappa shape index (κ1) is 19.2. The van der Waals surface area contributed by atoms with E-state index in [9.17, 15) is 5.11 Å². The van der Waals surface area contributed by atoms with Gasteiger partial charge in [-0.05, 0) is 63.3 Å². The van der Waals surface area contributed by atoms with Crippen molar-refractivity contribution in [2.45, 2.75) is 89.6 Å². The maximum atomic E-state index is 11.5. The topological polar surface area (TPSA) is 67.8 Å². The number of oxime groups is 1. The lowest BCUT2D eigenvalue weighted by Gasteiger charge is -2.50. The number of hydrogen-bond acceptors (Lipinski definition) is 4. The van der Waals surface area contributed by atoms with E-state index in [2.05, 4.69) is 12.1 Å². The molecule has 0 radical (unpaired) electrons. The normalized spacial score (nSPS) is 39.6. The summed E-state index contributed by atoms with van der Waals surface area (Å²) in [5.74, 6) is 1.95. The van der Waals surface area contributed by atoms with Crippen molar-refractivity contribution in [2.24, 2.45) is 34.1 Å². The van der Waals surface area contributed by atoms with Gasteiger partial charge in [0, 0.05) is 17.5 Å². The van der Waals surface area contributed by atoms with Gasteiger partial charge >= 0.3 is 0 Å². The number of rotatable bonds is 7. The van der Waals surface area contributed by atoms with Gasteiger partial charge in [0.1, 0.15) is 6.61 Å². The predicted octanol–water partition coefficient (Wildman–Crippen LogP) is 4.26. The highest BCUT2D eigenvalue weighted by Gasteiger charge is 2.59. The molecule has 3 saturated carbocycles. The highest BCUT2D eigenvalue weighted by atomic mass is 16.6. The van der Waals surface area contributed by atoms with E-state index in [1.165, 1.54) is 38.5 Å². The summed E-state index contributed by atoms with van der Waals surface area (Å²) in [4.78, 5) is 5.40. The monoisotopic (exact) mass is 350 g/mol. The molecule has 0 amide bonds. The first-order valence-corrected chi connectivity index (χ1v) is 10.7. The van der Waals surface area contributed by atoms with E-state index in [4.69, 9.17) is 10.6 Å². The van der Waals surface area contributed by atoms with Crippen molar-refractivity contribution in [1.29, 1.82) is 0 Å². The van der Waals surface area contributed by atoms with Gasteiger partial charge in [-0.1, -0.05) is 44.2 Å². The molecular formula is C21H38N2O2. The second kappa shape index (κ2) is 8.39. The molecule has 0 heterocycles. The van der Waals surface area contributed by atoms with Gasteiger partial charge in [0.15, 0.2) is 0 Å². The van der Waals surface area contributed by atoms with Crippen LogP contribution >= 0.6 is 0 Å². The highest BCUT2D eigenvalue weighted by molar-refractivity contribution is 5.62. The summed E-state index contributed by atoms with van der Waals surface area (Å²) in [5.41, 5.74) is 4.97. The van der Waals surface area contributed by atoms with E-state index in [0.29, 0.717) is 19.1 Å². The van der Waals surface area contributed by atoms with Gasteiger partial charge in [-0.25, -0.2) is 0 Å². The Morgan fingerprint density at radius 2 is 1.88 bits per heavy atom. The second-order valence-electron chi connectivity index (χ2n) is 9.08. The Labute approximate surface area is 153 Å². The number of nitrogens with two attached hydrogens (primary N) is 1. The fourth-order valence-corrected chi connectivity index (χ4v) is 5.84. The first-order valence-electron chi connectivity index (χ1n) is 10.7. The van der Waals surface area contributed by atoms with Crippen LogP contribution in [0, 0.1) is 23.2 Å². The summed E-state index contributed by atoms with van der Waals surface area (Å²) in [6.45, 7) is 3.65. The molecule has 3 aliphatic carbocycles. The molecular weight excluding hydrogens is 312 g/mol. The van der Waals surface area contributed by atoms with Crippen LogP contribution in [0.3, 0.4) is 0 Å². The Bertz CT molecular complexity index is 449. The molecule has 0 saturated heterocycles. The minimum Gasteiger partial charge on any atom is -0.396 e. The molecule has 4 atom stereocenters. The molecule has 0 aromatic rings. The fraction of sp³-hybridized carbons (Fsp3) is 0.952. The third-order valence-electron chi connectivity index (χ3n) is 7.71. The third kappa shape index (κ3) is 4.05. The summed E-state index contributed by atoms with van der Waals surface area (Å²) < 4.78 is 0. The van der Waals surface area contributed by atoms with Gasteiger partial charge < -0.3 is 15.7 Å². The van der Waals surface area contributed by atoms with Crippen molar-refractivity contribution in [3.05, 3.63) is 0 Å². The molecule has 4 nitrogen and oxygen atoms in total. The van der Waals surface area contributed by atoms with Crippen LogP contribution in [0.25, 0.3) is 0 Å². The molecule has 0 spiro atoms. The average Bonchev–Trinajstić information content (AvgIpc) is 2.89. The van der Waals surface area contributed by atoms with Gasteiger partial charge in [-0.15, -0.1) is 0 Å². The molecule has 0 unspecified atom stereocenters. The summed E-state index contributed by atoms with van der Waals surface area (Å²) in [6.07, 6.45) is 16.3. The minimum absolute atomic E-state index is 0.0255. The fourth-order valence-electron chi connectivity index (χ4n) is 5.84. The number of unbranched alkanes of at least 4 members (excludes halogenated alkanes) is 1. The van der Waals surface area contributed by atoms with E-state index in [-0.39, 0.29) is 5.41 Å².